The number of benzene rings is 2. The number of carbonyl (C=O) groups excluding carboxylic acids is 1. The third-order valence-electron chi connectivity index (χ3n) is 3.43. The standard InChI is InChI=1S/C17H14FN3O2/c1-10-6-7-11(18)8-13(10)17(22)23-9-15-20-14-5-3-2-4-12(14)16(19)21-15/h2-8H,9H2,1H3,(H2,19,20,21). The van der Waals surface area contributed by atoms with Gasteiger partial charge in [0.15, 0.2) is 12.4 Å². The largest absolute Gasteiger partial charge is 0.454 e. The number of hydrogen-bond acceptors (Lipinski definition) is 5. The van der Waals surface area contributed by atoms with Gasteiger partial charge in [0.2, 0.25) is 0 Å². The number of ether oxygens (including phenoxy) is 1. The number of nitrogen functional groups attached to an aromatic ring is 1. The van der Waals surface area contributed by atoms with Gasteiger partial charge in [-0.15, -0.1) is 0 Å². The molecule has 0 unspecified atom stereocenters. The molecule has 116 valence electrons. The average molecular weight is 311 g/mol. The number of nitrogens with zero attached hydrogens (tertiary/aromatic N) is 2. The number of fused-ring (bicyclic) bond motifs is 1. The molecule has 2 aromatic carbocycles. The number of carbonyl (C=O) groups is 1. The summed E-state index contributed by atoms with van der Waals surface area (Å²) in [5.74, 6) is -0.502. The van der Waals surface area contributed by atoms with Crippen LogP contribution >= 0.6 is 0 Å². The van der Waals surface area contributed by atoms with Crippen LogP contribution in [-0.4, -0.2) is 15.9 Å². The van der Waals surface area contributed by atoms with E-state index in [1.54, 1.807) is 13.0 Å². The lowest BCUT2D eigenvalue weighted by Crippen LogP contribution is -2.10. The Labute approximate surface area is 131 Å². The predicted octanol–water partition coefficient (Wildman–Crippen LogP) is 3.02. The van der Waals surface area contributed by atoms with Crippen molar-refractivity contribution < 1.29 is 13.9 Å². The quantitative estimate of drug-likeness (QED) is 0.752. The molecule has 23 heavy (non-hydrogen) atoms. The summed E-state index contributed by atoms with van der Waals surface area (Å²) in [6.45, 7) is 1.57. The molecule has 0 saturated carbocycles. The lowest BCUT2D eigenvalue weighted by molar-refractivity contribution is 0.0461. The van der Waals surface area contributed by atoms with Gasteiger partial charge in [-0.3, -0.25) is 0 Å². The fourth-order valence-electron chi connectivity index (χ4n) is 2.24. The highest BCUT2D eigenvalue weighted by atomic mass is 19.1. The maximum Gasteiger partial charge on any atom is 0.338 e. The number of para-hydroxylation sites is 1. The molecule has 3 rings (SSSR count). The Kier molecular flexibility index (Phi) is 3.89. The number of nitrogens with two attached hydrogens (primary N) is 1. The van der Waals surface area contributed by atoms with Crippen LogP contribution in [0.1, 0.15) is 21.7 Å². The van der Waals surface area contributed by atoms with Gasteiger partial charge in [0.05, 0.1) is 11.1 Å². The molecule has 2 N–H and O–H groups in total. The summed E-state index contributed by atoms with van der Waals surface area (Å²) < 4.78 is 18.4. The fourth-order valence-corrected chi connectivity index (χ4v) is 2.24. The average Bonchev–Trinajstić information content (AvgIpc) is 2.55. The minimum Gasteiger partial charge on any atom is -0.454 e. The first-order valence-electron chi connectivity index (χ1n) is 6.99. The molecule has 0 radical (unpaired) electrons. The molecule has 0 spiro atoms. The molecule has 6 heteroatoms. The maximum atomic E-state index is 13.2. The molecule has 0 saturated heterocycles. The van der Waals surface area contributed by atoms with Gasteiger partial charge in [-0.1, -0.05) is 18.2 Å². The second-order valence-electron chi connectivity index (χ2n) is 5.08. The van der Waals surface area contributed by atoms with Crippen molar-refractivity contribution in [3.63, 3.8) is 0 Å². The van der Waals surface area contributed by atoms with Gasteiger partial charge in [-0.25, -0.2) is 19.2 Å². The highest BCUT2D eigenvalue weighted by molar-refractivity contribution is 5.91. The first-order chi connectivity index (χ1) is 11.0. The number of aryl methyl sites for hydroxylation is 1. The van der Waals surface area contributed by atoms with Crippen LogP contribution in [-0.2, 0) is 11.3 Å². The van der Waals surface area contributed by atoms with Crippen LogP contribution in [0, 0.1) is 12.7 Å². The van der Waals surface area contributed by atoms with E-state index in [1.807, 2.05) is 18.2 Å². The van der Waals surface area contributed by atoms with E-state index in [4.69, 9.17) is 10.5 Å². The minimum absolute atomic E-state index is 0.135. The SMILES string of the molecule is Cc1ccc(F)cc1C(=O)OCc1nc(N)c2ccccc2n1. The lowest BCUT2D eigenvalue weighted by atomic mass is 10.1. The molecule has 1 heterocycles. The summed E-state index contributed by atoms with van der Waals surface area (Å²) in [5, 5.41) is 0.739. The van der Waals surface area contributed by atoms with E-state index in [0.717, 1.165) is 11.5 Å². The van der Waals surface area contributed by atoms with Gasteiger partial charge >= 0.3 is 5.97 Å². The van der Waals surface area contributed by atoms with Gasteiger partial charge in [-0.05, 0) is 36.8 Å². The summed E-state index contributed by atoms with van der Waals surface area (Å²) >= 11 is 0. The summed E-state index contributed by atoms with van der Waals surface area (Å²) in [5.41, 5.74) is 7.37. The second-order valence-corrected chi connectivity index (χ2v) is 5.08. The second kappa shape index (κ2) is 6.00. The summed E-state index contributed by atoms with van der Waals surface area (Å²) in [6.07, 6.45) is 0. The molecule has 0 aliphatic carbocycles. The third kappa shape index (κ3) is 3.11. The Hall–Kier alpha value is -3.02. The van der Waals surface area contributed by atoms with Crippen LogP contribution in [0.2, 0.25) is 0 Å². The molecule has 0 atom stereocenters. The van der Waals surface area contributed by atoms with E-state index in [0.29, 0.717) is 22.7 Å². The van der Waals surface area contributed by atoms with E-state index >= 15 is 0 Å². The van der Waals surface area contributed by atoms with E-state index < -0.39 is 11.8 Å². The Morgan fingerprint density at radius 3 is 2.83 bits per heavy atom. The smallest absolute Gasteiger partial charge is 0.338 e. The highest BCUT2D eigenvalue weighted by Crippen LogP contribution is 2.18. The number of halogens is 1. The van der Waals surface area contributed by atoms with Crippen LogP contribution < -0.4 is 5.73 Å². The first-order valence-corrected chi connectivity index (χ1v) is 6.99. The van der Waals surface area contributed by atoms with Crippen molar-refractivity contribution in [2.24, 2.45) is 0 Å². The molecule has 0 fully saturated rings. The van der Waals surface area contributed by atoms with Crippen molar-refractivity contribution in [1.29, 1.82) is 0 Å². The van der Waals surface area contributed by atoms with Crippen molar-refractivity contribution in [2.45, 2.75) is 13.5 Å². The van der Waals surface area contributed by atoms with Gasteiger partial charge in [0, 0.05) is 5.39 Å². The molecular weight excluding hydrogens is 297 g/mol. The minimum atomic E-state index is -0.627. The Bertz CT molecular complexity index is 896. The van der Waals surface area contributed by atoms with Crippen molar-refractivity contribution >= 4 is 22.7 Å². The topological polar surface area (TPSA) is 78.1 Å². The fraction of sp³-hybridized carbons (Fsp3) is 0.118. The molecule has 1 aromatic heterocycles. The lowest BCUT2D eigenvalue weighted by Gasteiger charge is -2.08. The van der Waals surface area contributed by atoms with Crippen LogP contribution in [0.3, 0.4) is 0 Å². The Balaban J connectivity index is 1.80. The normalized spacial score (nSPS) is 10.7. The van der Waals surface area contributed by atoms with Crippen LogP contribution in [0.5, 0.6) is 0 Å². The summed E-state index contributed by atoms with van der Waals surface area (Å²) in [6, 6.07) is 11.3. The van der Waals surface area contributed by atoms with Crippen LogP contribution in [0.15, 0.2) is 42.5 Å². The van der Waals surface area contributed by atoms with Gasteiger partial charge in [0.25, 0.3) is 0 Å². The molecular formula is C17H14FN3O2. The number of aromatic nitrogens is 2. The zero-order chi connectivity index (χ0) is 16.4. The molecule has 0 aliphatic rings. The van der Waals surface area contributed by atoms with E-state index in [2.05, 4.69) is 9.97 Å². The van der Waals surface area contributed by atoms with E-state index in [9.17, 15) is 9.18 Å². The Morgan fingerprint density at radius 2 is 2.00 bits per heavy atom. The van der Waals surface area contributed by atoms with Crippen molar-refractivity contribution in [1.82, 2.24) is 9.97 Å². The number of esters is 1. The molecule has 0 bridgehead atoms. The summed E-state index contributed by atoms with van der Waals surface area (Å²) in [4.78, 5) is 20.5. The monoisotopic (exact) mass is 311 g/mol. The molecule has 0 amide bonds. The van der Waals surface area contributed by atoms with Crippen molar-refractivity contribution in [3.8, 4) is 0 Å². The Morgan fingerprint density at radius 1 is 1.22 bits per heavy atom. The maximum absolute atomic E-state index is 13.2. The highest BCUT2D eigenvalue weighted by Gasteiger charge is 2.13. The van der Waals surface area contributed by atoms with Gasteiger partial charge in [-0.2, -0.15) is 0 Å². The molecule has 5 nitrogen and oxygen atoms in total. The van der Waals surface area contributed by atoms with Gasteiger partial charge in [0.1, 0.15) is 11.6 Å². The number of hydrogen-bond donors (Lipinski definition) is 1. The third-order valence-corrected chi connectivity index (χ3v) is 3.43. The molecule has 3 aromatic rings. The summed E-state index contributed by atoms with van der Waals surface area (Å²) in [7, 11) is 0. The van der Waals surface area contributed by atoms with Crippen molar-refractivity contribution in [2.75, 3.05) is 5.73 Å². The van der Waals surface area contributed by atoms with Crippen LogP contribution in [0.4, 0.5) is 10.2 Å². The zero-order valence-electron chi connectivity index (χ0n) is 12.4. The van der Waals surface area contributed by atoms with Crippen LogP contribution in [0.25, 0.3) is 10.9 Å². The van der Waals surface area contributed by atoms with E-state index in [1.165, 1.54) is 12.1 Å². The number of rotatable bonds is 3. The zero-order valence-corrected chi connectivity index (χ0v) is 12.4. The predicted molar refractivity (Wildman–Crippen MR) is 84.2 cm³/mol. The first kappa shape index (κ1) is 14.9. The van der Waals surface area contributed by atoms with Gasteiger partial charge < -0.3 is 10.5 Å². The van der Waals surface area contributed by atoms with Crippen molar-refractivity contribution in [3.05, 3.63) is 65.2 Å². The van der Waals surface area contributed by atoms with E-state index in [-0.39, 0.29) is 12.2 Å². The molecule has 0 aliphatic heterocycles. The number of anilines is 1.